The normalized spacial score (nSPS) is 13.8. The second kappa shape index (κ2) is 26.9. The minimum Gasteiger partial charge on any atom is -0.503 e. The number of aldehydes is 1. The zero-order valence-corrected chi connectivity index (χ0v) is 36.3. The van der Waals surface area contributed by atoms with Gasteiger partial charge in [0, 0.05) is 61.3 Å². The van der Waals surface area contributed by atoms with E-state index in [1.54, 1.807) is 30.3 Å². The highest BCUT2D eigenvalue weighted by Gasteiger charge is 2.32. The van der Waals surface area contributed by atoms with Crippen molar-refractivity contribution in [3.05, 3.63) is 123 Å². The Morgan fingerprint density at radius 2 is 1.29 bits per heavy atom. The third-order valence-corrected chi connectivity index (χ3v) is 10.3. The van der Waals surface area contributed by atoms with Crippen molar-refractivity contribution in [3.8, 4) is 5.75 Å². The van der Waals surface area contributed by atoms with Crippen LogP contribution in [0.2, 0.25) is 0 Å². The number of carbonyl (C=O) groups excluding carboxylic acids is 5. The van der Waals surface area contributed by atoms with Gasteiger partial charge in [-0.05, 0) is 56.9 Å². The van der Waals surface area contributed by atoms with Gasteiger partial charge in [-0.3, -0.25) is 33.6 Å². The molecule has 0 bridgehead atoms. The maximum Gasteiger partial charge on any atom is 0.271 e. The number of amides is 4. The van der Waals surface area contributed by atoms with Crippen LogP contribution in [0, 0.1) is 0 Å². The van der Waals surface area contributed by atoms with Gasteiger partial charge in [0.1, 0.15) is 5.69 Å². The quantitative estimate of drug-likeness (QED) is 0.0155. The van der Waals surface area contributed by atoms with E-state index in [1.165, 1.54) is 23.0 Å². The lowest BCUT2D eigenvalue weighted by Gasteiger charge is -2.36. The number of rotatable bonds is 29. The highest BCUT2D eigenvalue weighted by molar-refractivity contribution is 5.98. The van der Waals surface area contributed by atoms with Crippen molar-refractivity contribution < 1.29 is 64.8 Å². The number of aromatic nitrogens is 2. The van der Waals surface area contributed by atoms with Gasteiger partial charge in [-0.2, -0.15) is 0 Å². The minimum absolute atomic E-state index is 0.00160. The average Bonchev–Trinajstić information content (AvgIpc) is 3.31. The fourth-order valence-electron chi connectivity index (χ4n) is 6.99. The highest BCUT2D eigenvalue weighted by atomic mass is 16.3. The number of nitrogens with zero attached hydrogens (tertiary/aromatic N) is 3. The molecule has 2 heterocycles. The molecule has 12 N–H and O–H groups in total. The number of pyridine rings is 2. The van der Waals surface area contributed by atoms with Crippen LogP contribution < -0.4 is 32.1 Å². The van der Waals surface area contributed by atoms with Crippen molar-refractivity contribution >= 4 is 29.9 Å². The summed E-state index contributed by atoms with van der Waals surface area (Å²) >= 11 is 0. The molecule has 66 heavy (non-hydrogen) atoms. The van der Waals surface area contributed by atoms with Gasteiger partial charge in [-0.15, -0.1) is 0 Å². The summed E-state index contributed by atoms with van der Waals surface area (Å²) in [4.78, 5) is 91.0. The van der Waals surface area contributed by atoms with E-state index < -0.39 is 108 Å². The van der Waals surface area contributed by atoms with Gasteiger partial charge in [-0.25, -0.2) is 0 Å². The van der Waals surface area contributed by atoms with Gasteiger partial charge >= 0.3 is 0 Å². The SMILES string of the molecule is C=CN(CC(O)CO)/C(C(=O)NCCCC(CCCNC(=O)c1cc(=O)ccn1CC(O)CO)(CCCNC(=O)c1c(O)c(=O)ccn1CC(O)CO)NC(=O)c1ccccc1)=C(/O)C=O. The summed E-state index contributed by atoms with van der Waals surface area (Å²) in [6.45, 7) is 0.491. The molecular formula is C44H59N7O15. The van der Waals surface area contributed by atoms with Gasteiger partial charge in [0.15, 0.2) is 34.6 Å². The average molecular weight is 926 g/mol. The third-order valence-electron chi connectivity index (χ3n) is 10.3. The number of hydrogen-bond acceptors (Lipinski definition) is 16. The van der Waals surface area contributed by atoms with Crippen molar-refractivity contribution in [2.24, 2.45) is 0 Å². The smallest absolute Gasteiger partial charge is 0.271 e. The van der Waals surface area contributed by atoms with E-state index in [2.05, 4.69) is 27.8 Å². The minimum atomic E-state index is -1.37. The van der Waals surface area contributed by atoms with Crippen molar-refractivity contribution in [2.45, 2.75) is 75.5 Å². The molecule has 0 aliphatic carbocycles. The molecule has 22 heteroatoms. The number of aromatic hydroxyl groups is 1. The van der Waals surface area contributed by atoms with E-state index in [4.69, 9.17) is 0 Å². The van der Waals surface area contributed by atoms with Crippen LogP contribution in [0.3, 0.4) is 0 Å². The van der Waals surface area contributed by atoms with E-state index >= 15 is 0 Å². The number of benzene rings is 1. The lowest BCUT2D eigenvalue weighted by atomic mass is 9.83. The Balaban J connectivity index is 1.93. The van der Waals surface area contributed by atoms with E-state index in [0.29, 0.717) is 5.56 Å². The van der Waals surface area contributed by atoms with Gasteiger partial charge in [0.2, 0.25) is 5.43 Å². The molecule has 0 fully saturated rings. The van der Waals surface area contributed by atoms with Crippen molar-refractivity contribution in [3.63, 3.8) is 0 Å². The highest BCUT2D eigenvalue weighted by Crippen LogP contribution is 2.27. The maximum atomic E-state index is 13.9. The Morgan fingerprint density at radius 1 is 0.742 bits per heavy atom. The standard InChI is InChI=1S/C44H59N7O15/c1-2-49(22-31(57)25-52)37(36(61)28-55)42(65)46-17-7-14-44(48-40(63)29-9-4-3-5-10-29,13-6-16-45-41(64)34-21-30(56)11-19-50(34)23-32(58)26-53)15-8-18-47-43(66)38-39(62)35(60)12-20-51(38)24-33(59)27-54/h2-5,9-12,19-21,28,31-33,52-54,57-59,61-62H,1,6-8,13-18,22-27H2,(H,45,64)(H,46,65)(H,47,66)(H,48,63)/b37-36+. The summed E-state index contributed by atoms with van der Waals surface area (Å²) in [7, 11) is 0. The summed E-state index contributed by atoms with van der Waals surface area (Å²) in [5.41, 5.74) is -3.31. The molecule has 0 saturated carbocycles. The molecule has 360 valence electrons. The van der Waals surface area contributed by atoms with Crippen molar-refractivity contribution in [2.75, 3.05) is 46.0 Å². The van der Waals surface area contributed by atoms with E-state index in [0.717, 1.165) is 27.8 Å². The zero-order valence-electron chi connectivity index (χ0n) is 36.3. The van der Waals surface area contributed by atoms with Gasteiger partial charge < -0.3 is 76.2 Å². The van der Waals surface area contributed by atoms with Crippen LogP contribution in [-0.4, -0.2) is 155 Å². The first-order valence-electron chi connectivity index (χ1n) is 21.0. The summed E-state index contributed by atoms with van der Waals surface area (Å²) in [6, 6.07) is 11.5. The fraction of sp³-hybridized carbons (Fsp3) is 0.432. The molecule has 3 aromatic rings. The molecular weight excluding hydrogens is 867 g/mol. The Morgan fingerprint density at radius 3 is 1.85 bits per heavy atom. The van der Waals surface area contributed by atoms with Crippen molar-refractivity contribution in [1.29, 1.82) is 0 Å². The summed E-state index contributed by atoms with van der Waals surface area (Å²) in [5.74, 6) is -4.84. The molecule has 22 nitrogen and oxygen atoms in total. The second-order valence-electron chi connectivity index (χ2n) is 15.3. The maximum absolute atomic E-state index is 13.9. The summed E-state index contributed by atoms with van der Waals surface area (Å²) < 4.78 is 2.42. The van der Waals surface area contributed by atoms with Crippen LogP contribution in [0.1, 0.15) is 69.9 Å². The van der Waals surface area contributed by atoms with Gasteiger partial charge in [0.25, 0.3) is 23.6 Å². The van der Waals surface area contributed by atoms with Crippen LogP contribution in [0.5, 0.6) is 5.75 Å². The number of aliphatic hydroxyl groups is 7. The molecule has 1 aromatic carbocycles. The zero-order chi connectivity index (χ0) is 48.8. The molecule has 4 amide bonds. The Bertz CT molecular complexity index is 2270. The molecule has 0 saturated heterocycles. The number of hydrogen-bond donors (Lipinski definition) is 12. The third kappa shape index (κ3) is 16.1. The van der Waals surface area contributed by atoms with E-state index in [1.807, 2.05) is 0 Å². The van der Waals surface area contributed by atoms with Crippen LogP contribution in [0.15, 0.2) is 94.7 Å². The molecule has 0 radical (unpaired) electrons. The fourth-order valence-corrected chi connectivity index (χ4v) is 6.99. The molecule has 3 rings (SSSR count). The lowest BCUT2D eigenvalue weighted by molar-refractivity contribution is -0.120. The number of nitrogens with one attached hydrogen (secondary N) is 4. The first kappa shape index (κ1) is 53.6. The summed E-state index contributed by atoms with van der Waals surface area (Å²) in [5, 5.41) is 89.9. The topological polar surface area (TPSA) is 343 Å². The number of carbonyl (C=O) groups is 5. The molecule has 0 aliphatic rings. The molecule has 0 aliphatic heterocycles. The predicted molar refractivity (Wildman–Crippen MR) is 237 cm³/mol. The monoisotopic (exact) mass is 925 g/mol. The predicted octanol–water partition coefficient (Wildman–Crippen LogP) is -2.03. The van der Waals surface area contributed by atoms with Gasteiger partial charge in [-0.1, -0.05) is 24.8 Å². The number of allylic oxidation sites excluding steroid dienone is 1. The van der Waals surface area contributed by atoms with E-state index in [9.17, 15) is 74.4 Å². The second-order valence-corrected chi connectivity index (χ2v) is 15.3. The first-order chi connectivity index (χ1) is 31.5. The largest absolute Gasteiger partial charge is 0.503 e. The molecule has 0 spiro atoms. The van der Waals surface area contributed by atoms with Crippen molar-refractivity contribution in [1.82, 2.24) is 35.3 Å². The Labute approximate surface area is 379 Å². The van der Waals surface area contributed by atoms with Crippen LogP contribution in [-0.2, 0) is 22.7 Å². The summed E-state index contributed by atoms with van der Waals surface area (Å²) in [6.07, 6.45) is 0.606. The van der Waals surface area contributed by atoms with Gasteiger partial charge in [0.05, 0.1) is 57.8 Å². The number of aliphatic hydroxyl groups excluding tert-OH is 7. The van der Waals surface area contributed by atoms with E-state index in [-0.39, 0.29) is 83.2 Å². The molecule has 4 atom stereocenters. The Kier molecular flexibility index (Phi) is 21.9. The first-order valence-corrected chi connectivity index (χ1v) is 21.0. The molecule has 4 unspecified atom stereocenters. The molecule has 2 aromatic heterocycles. The lowest BCUT2D eigenvalue weighted by Crippen LogP contribution is -2.50. The Hall–Kier alpha value is -6.69. The van der Waals surface area contributed by atoms with Crippen LogP contribution in [0.4, 0.5) is 0 Å². The van der Waals surface area contributed by atoms with Crippen LogP contribution in [0.25, 0.3) is 0 Å². The van der Waals surface area contributed by atoms with Crippen LogP contribution >= 0.6 is 0 Å².